The average Bonchev–Trinajstić information content (AvgIpc) is 2.47. The third kappa shape index (κ3) is 6.14. The molecule has 1 rings (SSSR count). The van der Waals surface area contributed by atoms with Crippen LogP contribution in [0.25, 0.3) is 0 Å². The van der Waals surface area contributed by atoms with Gasteiger partial charge in [-0.2, -0.15) is 11.8 Å². The van der Waals surface area contributed by atoms with Crippen LogP contribution < -0.4 is 5.73 Å². The summed E-state index contributed by atoms with van der Waals surface area (Å²) in [4.78, 5) is 21.8. The Balaban J connectivity index is 2.29. The molecular formula is C14H20N2O4S. The maximum atomic E-state index is 11.3. The topological polar surface area (TPSA) is 95.5 Å². The number of hydrogen-bond acceptors (Lipinski definition) is 6. The van der Waals surface area contributed by atoms with Crippen molar-refractivity contribution < 1.29 is 14.5 Å². The number of nitrogens with zero attached hydrogens (tertiary/aromatic N) is 1. The van der Waals surface area contributed by atoms with Crippen molar-refractivity contribution in [3.05, 3.63) is 39.9 Å². The molecule has 0 radical (unpaired) electrons. The number of para-hydroxylation sites is 1. The van der Waals surface area contributed by atoms with Crippen LogP contribution in [0.3, 0.4) is 0 Å². The second-order valence-corrected chi connectivity index (χ2v) is 5.62. The van der Waals surface area contributed by atoms with Crippen LogP contribution >= 0.6 is 11.8 Å². The van der Waals surface area contributed by atoms with Gasteiger partial charge in [-0.25, -0.2) is 0 Å². The summed E-state index contributed by atoms with van der Waals surface area (Å²) in [5.74, 6) is 1.10. The van der Waals surface area contributed by atoms with Gasteiger partial charge >= 0.3 is 5.97 Å². The monoisotopic (exact) mass is 312 g/mol. The third-order valence-electron chi connectivity index (χ3n) is 2.87. The number of hydrogen-bond donors (Lipinski definition) is 1. The smallest absolute Gasteiger partial charge is 0.322 e. The molecule has 1 aromatic carbocycles. The van der Waals surface area contributed by atoms with Gasteiger partial charge in [-0.3, -0.25) is 14.9 Å². The number of thioether (sulfide) groups is 1. The van der Waals surface area contributed by atoms with E-state index in [-0.39, 0.29) is 16.6 Å². The van der Waals surface area contributed by atoms with Crippen LogP contribution in [-0.2, 0) is 16.0 Å². The molecule has 0 aliphatic heterocycles. The lowest BCUT2D eigenvalue weighted by molar-refractivity contribution is -0.385. The van der Waals surface area contributed by atoms with Gasteiger partial charge in [0, 0.05) is 11.6 Å². The van der Waals surface area contributed by atoms with Crippen molar-refractivity contribution >= 4 is 23.4 Å². The van der Waals surface area contributed by atoms with E-state index in [4.69, 9.17) is 10.5 Å². The predicted molar refractivity (Wildman–Crippen MR) is 83.4 cm³/mol. The molecule has 7 heteroatoms. The summed E-state index contributed by atoms with van der Waals surface area (Å²) >= 11 is 1.62. The van der Waals surface area contributed by atoms with E-state index in [9.17, 15) is 14.9 Å². The molecule has 0 aromatic heterocycles. The Hall–Kier alpha value is -1.60. The van der Waals surface area contributed by atoms with Crippen molar-refractivity contribution in [1.29, 1.82) is 0 Å². The van der Waals surface area contributed by atoms with E-state index in [2.05, 4.69) is 0 Å². The molecular weight excluding hydrogens is 292 g/mol. The van der Waals surface area contributed by atoms with E-state index in [0.29, 0.717) is 19.4 Å². The van der Waals surface area contributed by atoms with Crippen LogP contribution in [0.5, 0.6) is 0 Å². The first-order chi connectivity index (χ1) is 10.1. The molecule has 2 N–H and O–H groups in total. The lowest BCUT2D eigenvalue weighted by Gasteiger charge is -2.10. The first kappa shape index (κ1) is 17.5. The Kier molecular flexibility index (Phi) is 7.78. The number of carbonyl (C=O) groups is 1. The number of nitro groups is 1. The average molecular weight is 312 g/mol. The van der Waals surface area contributed by atoms with Crippen molar-refractivity contribution in [1.82, 2.24) is 0 Å². The van der Waals surface area contributed by atoms with Gasteiger partial charge in [-0.05, 0) is 31.3 Å². The molecule has 1 atom stereocenters. The molecule has 0 aliphatic rings. The van der Waals surface area contributed by atoms with Crippen molar-refractivity contribution in [2.75, 3.05) is 18.1 Å². The Bertz CT molecular complexity index is 482. The molecule has 1 aromatic rings. The molecule has 0 fully saturated rings. The van der Waals surface area contributed by atoms with Gasteiger partial charge in [0.2, 0.25) is 0 Å². The first-order valence-corrected chi connectivity index (χ1v) is 7.94. The zero-order valence-corrected chi connectivity index (χ0v) is 12.8. The molecule has 0 aliphatic carbocycles. The Morgan fingerprint density at radius 2 is 2.14 bits per heavy atom. The summed E-state index contributed by atoms with van der Waals surface area (Å²) < 4.78 is 4.82. The second kappa shape index (κ2) is 9.36. The van der Waals surface area contributed by atoms with Gasteiger partial charge in [0.25, 0.3) is 5.69 Å². The maximum Gasteiger partial charge on any atom is 0.322 e. The van der Waals surface area contributed by atoms with Gasteiger partial charge in [0.15, 0.2) is 0 Å². The molecule has 0 saturated heterocycles. The van der Waals surface area contributed by atoms with Crippen molar-refractivity contribution in [2.45, 2.75) is 25.8 Å². The Labute approximate surface area is 128 Å². The third-order valence-corrected chi connectivity index (χ3v) is 3.88. The van der Waals surface area contributed by atoms with E-state index >= 15 is 0 Å². The summed E-state index contributed by atoms with van der Waals surface area (Å²) in [6.45, 7) is 2.07. The highest BCUT2D eigenvalue weighted by Gasteiger charge is 2.14. The Morgan fingerprint density at radius 3 is 2.81 bits per heavy atom. The minimum absolute atomic E-state index is 0.154. The van der Waals surface area contributed by atoms with Gasteiger partial charge < -0.3 is 10.5 Å². The summed E-state index contributed by atoms with van der Waals surface area (Å²) in [5.41, 5.74) is 6.56. The zero-order chi connectivity index (χ0) is 15.7. The van der Waals surface area contributed by atoms with E-state index < -0.39 is 6.04 Å². The Morgan fingerprint density at radius 1 is 1.43 bits per heavy atom. The van der Waals surface area contributed by atoms with Crippen LogP contribution in [0.4, 0.5) is 5.69 Å². The SMILES string of the molecule is CCOC(=O)C(N)CCSCCc1ccccc1[N+](=O)[O-]. The highest BCUT2D eigenvalue weighted by molar-refractivity contribution is 7.99. The molecule has 0 saturated carbocycles. The summed E-state index contributed by atoms with van der Waals surface area (Å²) in [5, 5.41) is 10.9. The van der Waals surface area contributed by atoms with Crippen LogP contribution in [0, 0.1) is 10.1 Å². The number of rotatable bonds is 9. The normalized spacial score (nSPS) is 11.9. The molecule has 116 valence electrons. The molecule has 0 amide bonds. The highest BCUT2D eigenvalue weighted by atomic mass is 32.2. The minimum atomic E-state index is -0.594. The number of aryl methyl sites for hydroxylation is 1. The van der Waals surface area contributed by atoms with E-state index in [1.54, 1.807) is 36.9 Å². The molecule has 0 spiro atoms. The standard InChI is InChI=1S/C14H20N2O4S/c1-2-20-14(17)12(15)8-10-21-9-7-11-5-3-4-6-13(11)16(18)19/h3-6,12H,2,7-10,15H2,1H3. The number of esters is 1. The van der Waals surface area contributed by atoms with Crippen LogP contribution in [-0.4, -0.2) is 35.0 Å². The number of nitro benzene ring substituents is 1. The largest absolute Gasteiger partial charge is 0.465 e. The molecule has 0 heterocycles. The van der Waals surface area contributed by atoms with Gasteiger partial charge in [-0.15, -0.1) is 0 Å². The number of nitrogens with two attached hydrogens (primary N) is 1. The fourth-order valence-corrected chi connectivity index (χ4v) is 2.75. The van der Waals surface area contributed by atoms with Gasteiger partial charge in [0.1, 0.15) is 6.04 Å². The quantitative estimate of drug-likeness (QED) is 0.325. The first-order valence-electron chi connectivity index (χ1n) is 6.78. The fourth-order valence-electron chi connectivity index (χ4n) is 1.76. The van der Waals surface area contributed by atoms with E-state index in [1.165, 1.54) is 6.07 Å². The van der Waals surface area contributed by atoms with Crippen LogP contribution in [0.1, 0.15) is 18.9 Å². The van der Waals surface area contributed by atoms with Crippen molar-refractivity contribution in [3.63, 3.8) is 0 Å². The van der Waals surface area contributed by atoms with Crippen molar-refractivity contribution in [2.24, 2.45) is 5.73 Å². The summed E-state index contributed by atoms with van der Waals surface area (Å²) in [6, 6.07) is 6.14. The zero-order valence-electron chi connectivity index (χ0n) is 12.0. The fraction of sp³-hybridized carbons (Fsp3) is 0.500. The number of ether oxygens (including phenoxy) is 1. The molecule has 6 nitrogen and oxygen atoms in total. The molecule has 0 bridgehead atoms. The second-order valence-electron chi connectivity index (χ2n) is 4.40. The molecule has 21 heavy (non-hydrogen) atoms. The lowest BCUT2D eigenvalue weighted by atomic mass is 10.1. The molecule has 1 unspecified atom stereocenters. The highest BCUT2D eigenvalue weighted by Crippen LogP contribution is 2.19. The summed E-state index contributed by atoms with van der Waals surface area (Å²) in [7, 11) is 0. The van der Waals surface area contributed by atoms with Crippen molar-refractivity contribution in [3.8, 4) is 0 Å². The minimum Gasteiger partial charge on any atom is -0.465 e. The lowest BCUT2D eigenvalue weighted by Crippen LogP contribution is -2.32. The van der Waals surface area contributed by atoms with Crippen LogP contribution in [0.15, 0.2) is 24.3 Å². The van der Waals surface area contributed by atoms with E-state index in [1.807, 2.05) is 0 Å². The number of carbonyl (C=O) groups excluding carboxylic acids is 1. The maximum absolute atomic E-state index is 11.3. The predicted octanol–water partition coefficient (Wildman–Crippen LogP) is 2.15. The van der Waals surface area contributed by atoms with E-state index in [0.717, 1.165) is 17.1 Å². The van der Waals surface area contributed by atoms with Gasteiger partial charge in [0.05, 0.1) is 11.5 Å². The van der Waals surface area contributed by atoms with Crippen LogP contribution in [0.2, 0.25) is 0 Å². The summed E-state index contributed by atoms with van der Waals surface area (Å²) in [6.07, 6.45) is 1.16. The number of benzene rings is 1. The van der Waals surface area contributed by atoms with Gasteiger partial charge in [-0.1, -0.05) is 18.2 Å².